The Kier molecular flexibility index (Phi) is 13.3. The van der Waals surface area contributed by atoms with Crippen LogP contribution in [0.2, 0.25) is 0 Å². The van der Waals surface area contributed by atoms with E-state index in [0.717, 1.165) is 61.0 Å². The molecule has 0 radical (unpaired) electrons. The molecule has 2 saturated carbocycles. The van der Waals surface area contributed by atoms with Gasteiger partial charge in [-0.2, -0.15) is 0 Å². The van der Waals surface area contributed by atoms with E-state index < -0.39 is 6.10 Å². The molecule has 0 spiro atoms. The van der Waals surface area contributed by atoms with Crippen molar-refractivity contribution in [1.29, 1.82) is 0 Å². The number of ether oxygens (including phenoxy) is 1. The third-order valence-corrected chi connectivity index (χ3v) is 5.21. The zero-order valence-electron chi connectivity index (χ0n) is 20.6. The van der Waals surface area contributed by atoms with Crippen molar-refractivity contribution in [1.82, 2.24) is 4.98 Å². The van der Waals surface area contributed by atoms with Crippen molar-refractivity contribution in [2.24, 2.45) is 10.9 Å². The molecule has 1 heterocycles. The molecule has 0 aromatic carbocycles. The lowest BCUT2D eigenvalue weighted by molar-refractivity contribution is -0.120. The molecule has 176 valence electrons. The van der Waals surface area contributed by atoms with Gasteiger partial charge in [-0.25, -0.2) is 4.98 Å². The lowest BCUT2D eigenvalue weighted by atomic mass is 9.88. The van der Waals surface area contributed by atoms with Crippen LogP contribution in [-0.4, -0.2) is 33.8 Å². The summed E-state index contributed by atoms with van der Waals surface area (Å²) in [6.07, 6.45) is 10.7. The molecule has 1 aromatic heterocycles. The number of ketones is 1. The fourth-order valence-corrected chi connectivity index (χ4v) is 3.02. The number of carbonyl (C=O) groups excluding carboxylic acids is 1. The Labute approximate surface area is 189 Å². The van der Waals surface area contributed by atoms with Crippen molar-refractivity contribution in [3.8, 4) is 5.88 Å². The van der Waals surface area contributed by atoms with Crippen molar-refractivity contribution in [3.05, 3.63) is 17.8 Å². The third-order valence-electron chi connectivity index (χ3n) is 5.21. The summed E-state index contributed by atoms with van der Waals surface area (Å²) in [5.74, 6) is 1.96. The lowest BCUT2D eigenvalue weighted by Crippen LogP contribution is -2.08. The van der Waals surface area contributed by atoms with E-state index >= 15 is 0 Å². The highest BCUT2D eigenvalue weighted by atomic mass is 16.5. The first-order chi connectivity index (χ1) is 14.7. The van der Waals surface area contributed by atoms with Crippen LogP contribution in [0.25, 0.3) is 0 Å². The molecule has 2 fully saturated rings. The summed E-state index contributed by atoms with van der Waals surface area (Å²) in [5.41, 5.74) is 3.06. The monoisotopic (exact) mass is 432 g/mol. The van der Waals surface area contributed by atoms with Crippen molar-refractivity contribution in [2.75, 3.05) is 0 Å². The molecule has 0 amide bonds. The minimum atomic E-state index is -0.468. The molecular weight excluding hydrogens is 388 g/mol. The second-order valence-corrected chi connectivity index (χ2v) is 9.05. The first-order valence-electron chi connectivity index (χ1n) is 12.1. The Bertz CT molecular complexity index is 677. The highest BCUT2D eigenvalue weighted by Crippen LogP contribution is 2.28. The fraction of sp³-hybridized carbons (Fsp3) is 0.731. The number of aliphatic hydroxyl groups excluding tert-OH is 1. The second-order valence-electron chi connectivity index (χ2n) is 9.05. The summed E-state index contributed by atoms with van der Waals surface area (Å²) in [5, 5.41) is 8.73. The smallest absolute Gasteiger partial charge is 0.213 e. The van der Waals surface area contributed by atoms with Crippen molar-refractivity contribution >= 4 is 17.2 Å². The molecule has 5 heteroatoms. The van der Waals surface area contributed by atoms with Gasteiger partial charge < -0.3 is 9.84 Å². The average Bonchev–Trinajstić information content (AvgIpc) is 3.47. The number of aromatic nitrogens is 1. The number of Topliss-reactive ketones (excluding diaryl/α,β-unsaturated/α-hetero) is 1. The summed E-state index contributed by atoms with van der Waals surface area (Å²) >= 11 is 0. The number of nitrogens with zero attached hydrogens (tertiary/aromatic N) is 2. The number of rotatable bonds is 9. The van der Waals surface area contributed by atoms with Crippen molar-refractivity contribution in [2.45, 2.75) is 118 Å². The number of aliphatic imine (C=N–C) groups is 1. The summed E-state index contributed by atoms with van der Waals surface area (Å²) in [7, 11) is 0. The Hall–Kier alpha value is -1.75. The molecule has 2 aliphatic rings. The summed E-state index contributed by atoms with van der Waals surface area (Å²) in [4.78, 5) is 19.7. The van der Waals surface area contributed by atoms with Crippen LogP contribution in [-0.2, 0) is 4.79 Å². The van der Waals surface area contributed by atoms with Gasteiger partial charge in [0.2, 0.25) is 5.88 Å². The highest BCUT2D eigenvalue weighted by Gasteiger charge is 2.24. The SMILES string of the molecule is CC1CCC1.CCCC(=O)CC(C)O.CCCC(C)=Nc1ccc(OC2CC2)nc1C. The van der Waals surface area contributed by atoms with Gasteiger partial charge in [-0.3, -0.25) is 9.79 Å². The van der Waals surface area contributed by atoms with Gasteiger partial charge in [0.15, 0.2) is 0 Å². The molecule has 3 rings (SSSR count). The fourth-order valence-electron chi connectivity index (χ4n) is 3.02. The van der Waals surface area contributed by atoms with E-state index in [1.807, 2.05) is 26.0 Å². The van der Waals surface area contributed by atoms with E-state index in [9.17, 15) is 4.79 Å². The maximum atomic E-state index is 10.7. The number of carbonyl (C=O) groups is 1. The van der Waals surface area contributed by atoms with Gasteiger partial charge in [0.25, 0.3) is 0 Å². The van der Waals surface area contributed by atoms with E-state index in [2.05, 4.69) is 30.7 Å². The predicted molar refractivity (Wildman–Crippen MR) is 130 cm³/mol. The van der Waals surface area contributed by atoms with Gasteiger partial charge in [0.05, 0.1) is 17.5 Å². The standard InChI is InChI=1S/C14H20N2O.C7H14O2.C5H10/c1-4-5-10(2)15-13-8-9-14(16-11(13)3)17-12-6-7-12;1-3-4-7(9)5-6(2)8;1-5-3-2-4-5/h8-9,12H,4-7H2,1-3H3;6,8H,3-5H2,1-2H3;5H,2-4H2,1H3. The first-order valence-corrected chi connectivity index (χ1v) is 12.1. The number of hydrogen-bond acceptors (Lipinski definition) is 5. The molecule has 1 aromatic rings. The number of aryl methyl sites for hydroxylation is 1. The third kappa shape index (κ3) is 13.3. The number of pyridine rings is 1. The van der Waals surface area contributed by atoms with E-state index in [0.29, 0.717) is 18.9 Å². The zero-order valence-corrected chi connectivity index (χ0v) is 20.6. The van der Waals surface area contributed by atoms with Crippen LogP contribution in [0.4, 0.5) is 5.69 Å². The zero-order chi connectivity index (χ0) is 23.2. The highest BCUT2D eigenvalue weighted by molar-refractivity contribution is 5.84. The van der Waals surface area contributed by atoms with Crippen LogP contribution in [0, 0.1) is 12.8 Å². The first kappa shape index (κ1) is 27.3. The molecule has 5 nitrogen and oxygen atoms in total. The molecule has 31 heavy (non-hydrogen) atoms. The molecule has 2 aliphatic carbocycles. The number of hydrogen-bond donors (Lipinski definition) is 1. The largest absolute Gasteiger partial charge is 0.474 e. The van der Waals surface area contributed by atoms with Crippen LogP contribution < -0.4 is 4.74 Å². The van der Waals surface area contributed by atoms with Crippen LogP contribution in [0.5, 0.6) is 5.88 Å². The van der Waals surface area contributed by atoms with Crippen LogP contribution in [0.3, 0.4) is 0 Å². The van der Waals surface area contributed by atoms with Gasteiger partial charge in [0.1, 0.15) is 11.9 Å². The van der Waals surface area contributed by atoms with Gasteiger partial charge in [-0.05, 0) is 58.4 Å². The average molecular weight is 433 g/mol. The molecule has 1 N–H and O–H groups in total. The quantitative estimate of drug-likeness (QED) is 0.438. The topological polar surface area (TPSA) is 71.8 Å². The van der Waals surface area contributed by atoms with Gasteiger partial charge >= 0.3 is 0 Å². The molecule has 0 bridgehead atoms. The second kappa shape index (κ2) is 15.1. The summed E-state index contributed by atoms with van der Waals surface area (Å²) < 4.78 is 5.65. The van der Waals surface area contributed by atoms with Gasteiger partial charge in [0, 0.05) is 24.6 Å². The van der Waals surface area contributed by atoms with E-state index in [4.69, 9.17) is 9.84 Å². The molecule has 0 saturated heterocycles. The number of aliphatic hydroxyl groups is 1. The molecule has 0 aliphatic heterocycles. The lowest BCUT2D eigenvalue weighted by Gasteiger charge is -2.18. The normalized spacial score (nSPS) is 16.8. The van der Waals surface area contributed by atoms with Gasteiger partial charge in [-0.1, -0.05) is 46.5 Å². The Morgan fingerprint density at radius 3 is 2.23 bits per heavy atom. The Balaban J connectivity index is 0.000000285. The summed E-state index contributed by atoms with van der Waals surface area (Å²) in [6, 6.07) is 3.92. The van der Waals surface area contributed by atoms with E-state index in [1.54, 1.807) is 6.92 Å². The maximum Gasteiger partial charge on any atom is 0.213 e. The van der Waals surface area contributed by atoms with Crippen LogP contribution >= 0.6 is 0 Å². The maximum absolute atomic E-state index is 10.7. The molecule has 1 unspecified atom stereocenters. The van der Waals surface area contributed by atoms with Gasteiger partial charge in [-0.15, -0.1) is 0 Å². The van der Waals surface area contributed by atoms with Crippen LogP contribution in [0.15, 0.2) is 17.1 Å². The Morgan fingerprint density at radius 1 is 1.19 bits per heavy atom. The molecule has 1 atom stereocenters. The summed E-state index contributed by atoms with van der Waals surface area (Å²) in [6.45, 7) is 12.1. The van der Waals surface area contributed by atoms with Crippen molar-refractivity contribution in [3.63, 3.8) is 0 Å². The Morgan fingerprint density at radius 2 is 1.81 bits per heavy atom. The molecular formula is C26H44N2O3. The predicted octanol–water partition coefficient (Wildman–Crippen LogP) is 6.76. The van der Waals surface area contributed by atoms with E-state index in [1.165, 1.54) is 19.3 Å². The van der Waals surface area contributed by atoms with Crippen LogP contribution in [0.1, 0.15) is 105 Å². The van der Waals surface area contributed by atoms with E-state index in [-0.39, 0.29) is 5.78 Å². The minimum Gasteiger partial charge on any atom is -0.474 e. The van der Waals surface area contributed by atoms with Crippen molar-refractivity contribution < 1.29 is 14.6 Å². The minimum absolute atomic E-state index is 0.160.